The maximum absolute atomic E-state index is 10.4. The topological polar surface area (TPSA) is 166 Å². The van der Waals surface area contributed by atoms with Crippen molar-refractivity contribution in [3.63, 3.8) is 0 Å². The first kappa shape index (κ1) is 67.9. The Kier molecular flexibility index (Phi) is 60.5. The normalized spacial score (nSPS) is 12.3. The fourth-order valence-corrected chi connectivity index (χ4v) is 8.04. The van der Waals surface area contributed by atoms with Gasteiger partial charge in [-0.15, -0.1) is 0 Å². The van der Waals surface area contributed by atoms with E-state index in [0.29, 0.717) is 25.2 Å². The third-order valence-corrected chi connectivity index (χ3v) is 12.4. The molecule has 0 saturated carbocycles. The van der Waals surface area contributed by atoms with Crippen LogP contribution in [-0.2, 0) is 14.3 Å². The molecular weight excluding hydrogens is 825 g/mol. The highest BCUT2D eigenvalue weighted by Gasteiger charge is 2.13. The number of hydrogen-bond donors (Lipinski definition) is 5. The molecule has 0 saturated heterocycles. The highest BCUT2D eigenvalue weighted by atomic mass is 16.5. The number of ether oxygens (including phenoxy) is 2. The third-order valence-electron chi connectivity index (χ3n) is 12.4. The average molecular weight is 938 g/mol. The summed E-state index contributed by atoms with van der Waals surface area (Å²) in [4.78, 5) is 17.1. The molecule has 0 bridgehead atoms. The molecule has 1 unspecified atom stereocenters. The molecule has 392 valence electrons. The minimum Gasteiger partial charge on any atom is -0.410 e. The van der Waals surface area contributed by atoms with E-state index < -0.39 is 5.84 Å². The summed E-state index contributed by atoms with van der Waals surface area (Å²) in [6, 6.07) is 0. The van der Waals surface area contributed by atoms with Gasteiger partial charge in [0.1, 0.15) is 12.1 Å². The van der Waals surface area contributed by atoms with Gasteiger partial charge in [-0.1, -0.05) is 206 Å². The second-order valence-electron chi connectivity index (χ2n) is 18.4. The second kappa shape index (κ2) is 58.8. The van der Waals surface area contributed by atoms with Gasteiger partial charge in [0.15, 0.2) is 11.5 Å². The van der Waals surface area contributed by atoms with Crippen LogP contribution in [0.2, 0.25) is 0 Å². The van der Waals surface area contributed by atoms with Crippen molar-refractivity contribution in [1.82, 2.24) is 10.4 Å². The monoisotopic (exact) mass is 937 g/mol. The first-order chi connectivity index (χ1) is 32.3. The molecule has 66 heavy (non-hydrogen) atoms. The lowest BCUT2D eigenvalue weighted by atomic mass is 10.0. The Morgan fingerprint density at radius 3 is 1.39 bits per heavy atom. The van der Waals surface area contributed by atoms with Crippen LogP contribution in [0.3, 0.4) is 0 Å². The molecule has 0 aromatic carbocycles. The zero-order valence-electron chi connectivity index (χ0n) is 44.7. The molecule has 11 heteroatoms. The molecule has 0 fully saturated rings. The number of unbranched alkanes of at least 4 members (excludes halogenated alkanes) is 25. The van der Waals surface area contributed by atoms with E-state index in [9.17, 15) is 10.0 Å². The SMILES string of the molecule is CCC=CCCCCCCCN(CCCCCCCC=O)CCCN=C(NO)/C(=N/O)C(=N)N.CCCCCCCCC(CC)OC.CCCCCCCCC(CCCCCCCC)OC. The van der Waals surface area contributed by atoms with E-state index in [-0.39, 0.29) is 11.5 Å². The van der Waals surface area contributed by atoms with E-state index in [0.717, 1.165) is 70.9 Å². The highest BCUT2D eigenvalue weighted by Crippen LogP contribution is 2.17. The van der Waals surface area contributed by atoms with E-state index in [1.165, 1.54) is 180 Å². The van der Waals surface area contributed by atoms with Crippen LogP contribution in [-0.4, -0.2) is 91.6 Å². The number of carbonyl (C=O) groups excluding carboxylic acids is 1. The van der Waals surface area contributed by atoms with Gasteiger partial charge < -0.3 is 30.1 Å². The summed E-state index contributed by atoms with van der Waals surface area (Å²) in [6.07, 6.45) is 52.1. The van der Waals surface area contributed by atoms with Crippen LogP contribution in [0.1, 0.15) is 266 Å². The minimum atomic E-state index is -0.473. The molecule has 1 atom stereocenters. The second-order valence-corrected chi connectivity index (χ2v) is 18.4. The van der Waals surface area contributed by atoms with E-state index in [4.69, 9.17) is 25.8 Å². The lowest BCUT2D eigenvalue weighted by molar-refractivity contribution is -0.107. The summed E-state index contributed by atoms with van der Waals surface area (Å²) in [5, 5.41) is 28.4. The Morgan fingerprint density at radius 1 is 0.591 bits per heavy atom. The number of carbonyl (C=O) groups is 1. The number of methoxy groups -OCH3 is 2. The van der Waals surface area contributed by atoms with Gasteiger partial charge in [-0.2, -0.15) is 0 Å². The van der Waals surface area contributed by atoms with Crippen molar-refractivity contribution in [3.05, 3.63) is 12.2 Å². The molecule has 0 aromatic heterocycles. The smallest absolute Gasteiger partial charge is 0.187 e. The molecule has 0 heterocycles. The number of nitrogens with zero attached hydrogens (tertiary/aromatic N) is 3. The predicted molar refractivity (Wildman–Crippen MR) is 286 cm³/mol. The lowest BCUT2D eigenvalue weighted by Gasteiger charge is -2.22. The Bertz CT molecular complexity index is 1050. The Balaban J connectivity index is -0.00000103. The number of rotatable bonds is 47. The number of hydrogen-bond acceptors (Lipinski definition) is 9. The molecule has 0 aliphatic heterocycles. The van der Waals surface area contributed by atoms with Crippen LogP contribution in [0, 0.1) is 5.41 Å². The van der Waals surface area contributed by atoms with Crippen LogP contribution in [0.25, 0.3) is 0 Å². The van der Waals surface area contributed by atoms with Gasteiger partial charge >= 0.3 is 0 Å². The molecular formula is C55H112N6O5. The quantitative estimate of drug-likeness (QED) is 0.00765. The Hall–Kier alpha value is -2.34. The standard InChI is InChI=1S/C25H48N6O3.C18H38O.C12H26O/c1-2-3-4-5-6-7-8-11-14-19-31(20-15-12-9-10-13-16-22-32)21-17-18-28-25(30-34)23(29-33)24(26)27;1-4-6-8-10-12-14-16-18(19-3)17-15-13-11-9-7-5-2;1-4-6-7-8-9-10-11-12(5-2)13-3/h3-4,22,33-34H,2,5-21H2,1H3,(H3,26,27)(H,28,30);18H,4-17H2,1-3H3;12H,4-11H2,1-3H3/b4-3?,29-23+;;. The Labute approximate surface area is 409 Å². The molecule has 6 N–H and O–H groups in total. The molecule has 0 amide bonds. The summed E-state index contributed by atoms with van der Waals surface area (Å²) in [7, 11) is 3.71. The van der Waals surface area contributed by atoms with Crippen molar-refractivity contribution in [1.29, 1.82) is 5.41 Å². The molecule has 11 nitrogen and oxygen atoms in total. The Morgan fingerprint density at radius 2 is 1.00 bits per heavy atom. The molecule has 0 rings (SSSR count). The number of nitrogens with one attached hydrogen (secondary N) is 2. The van der Waals surface area contributed by atoms with Gasteiger partial charge in [-0.3, -0.25) is 21.1 Å². The highest BCUT2D eigenvalue weighted by molar-refractivity contribution is 6.66. The summed E-state index contributed by atoms with van der Waals surface area (Å²) < 4.78 is 10.9. The summed E-state index contributed by atoms with van der Waals surface area (Å²) >= 11 is 0. The summed E-state index contributed by atoms with van der Waals surface area (Å²) in [5.74, 6) is -0.579. The number of aldehydes is 1. The number of aliphatic imine (C=N–C) groups is 1. The van der Waals surface area contributed by atoms with Crippen molar-refractivity contribution < 1.29 is 24.7 Å². The molecule has 0 radical (unpaired) electrons. The van der Waals surface area contributed by atoms with Crippen molar-refractivity contribution in [3.8, 4) is 0 Å². The number of oxime groups is 1. The largest absolute Gasteiger partial charge is 0.410 e. The first-order valence-electron chi connectivity index (χ1n) is 27.7. The fraction of sp³-hybridized carbons (Fsp3) is 0.891. The maximum Gasteiger partial charge on any atom is 0.187 e. The average Bonchev–Trinajstić information content (AvgIpc) is 3.32. The van der Waals surface area contributed by atoms with E-state index in [2.05, 4.69) is 61.8 Å². The minimum absolute atomic E-state index is 0.106. The van der Waals surface area contributed by atoms with Gasteiger partial charge in [-0.05, 0) is 90.3 Å². The van der Waals surface area contributed by atoms with Crippen LogP contribution in [0.5, 0.6) is 0 Å². The van der Waals surface area contributed by atoms with Crippen molar-refractivity contribution in [2.24, 2.45) is 15.9 Å². The van der Waals surface area contributed by atoms with E-state index in [1.807, 2.05) is 19.7 Å². The van der Waals surface area contributed by atoms with Gasteiger partial charge in [0, 0.05) is 27.2 Å². The van der Waals surface area contributed by atoms with E-state index >= 15 is 0 Å². The lowest BCUT2D eigenvalue weighted by Crippen LogP contribution is -2.38. The van der Waals surface area contributed by atoms with Crippen LogP contribution >= 0.6 is 0 Å². The van der Waals surface area contributed by atoms with Gasteiger partial charge in [-0.25, -0.2) is 0 Å². The number of nitrogens with two attached hydrogens (primary N) is 1. The molecule has 0 aliphatic rings. The van der Waals surface area contributed by atoms with Crippen LogP contribution in [0.15, 0.2) is 22.3 Å². The molecule has 0 aliphatic carbocycles. The summed E-state index contributed by atoms with van der Waals surface area (Å²) in [5.41, 5.74) is 6.91. The summed E-state index contributed by atoms with van der Waals surface area (Å²) in [6.45, 7) is 14.6. The zero-order chi connectivity index (χ0) is 49.4. The van der Waals surface area contributed by atoms with Gasteiger partial charge in [0.05, 0.1) is 12.2 Å². The van der Waals surface area contributed by atoms with Crippen molar-refractivity contribution in [2.75, 3.05) is 40.4 Å². The number of hydroxylamine groups is 1. The number of allylic oxidation sites excluding steroid dienone is 2. The maximum atomic E-state index is 10.4. The number of amidine groups is 2. The molecule has 0 spiro atoms. The van der Waals surface area contributed by atoms with Crippen LogP contribution in [0.4, 0.5) is 0 Å². The first-order valence-corrected chi connectivity index (χ1v) is 27.7. The van der Waals surface area contributed by atoms with Crippen molar-refractivity contribution in [2.45, 2.75) is 278 Å². The van der Waals surface area contributed by atoms with Gasteiger partial charge in [0.25, 0.3) is 0 Å². The van der Waals surface area contributed by atoms with Gasteiger partial charge in [0.2, 0.25) is 0 Å². The van der Waals surface area contributed by atoms with Crippen molar-refractivity contribution >= 4 is 23.7 Å². The third kappa shape index (κ3) is 51.1. The molecule has 0 aromatic rings. The van der Waals surface area contributed by atoms with Crippen LogP contribution < -0.4 is 11.2 Å². The zero-order valence-corrected chi connectivity index (χ0v) is 44.7. The fourth-order valence-electron chi connectivity index (χ4n) is 8.04. The predicted octanol–water partition coefficient (Wildman–Crippen LogP) is 15.3. The van der Waals surface area contributed by atoms with E-state index in [1.54, 1.807) is 0 Å².